The van der Waals surface area contributed by atoms with Crippen molar-refractivity contribution in [2.45, 2.75) is 27.1 Å². The number of hydrogen-bond acceptors (Lipinski definition) is 4. The summed E-state index contributed by atoms with van der Waals surface area (Å²) in [6.07, 6.45) is -0.356. The van der Waals surface area contributed by atoms with Gasteiger partial charge in [-0.15, -0.1) is 0 Å². The van der Waals surface area contributed by atoms with E-state index in [2.05, 4.69) is 41.7 Å². The second-order valence-electron chi connectivity index (χ2n) is 7.26. The maximum atomic E-state index is 12.9. The maximum Gasteiger partial charge on any atom is 0.404 e. The molecule has 32 heavy (non-hydrogen) atoms. The van der Waals surface area contributed by atoms with Crippen molar-refractivity contribution < 1.29 is 14.3 Å². The Kier molecular flexibility index (Phi) is 8.30. The molecule has 0 aromatic heterocycles. The molecule has 0 aliphatic rings. The molecule has 168 valence electrons. The first-order chi connectivity index (χ1) is 15.5. The van der Waals surface area contributed by atoms with Crippen molar-refractivity contribution in [3.05, 3.63) is 91.0 Å². The van der Waals surface area contributed by atoms with E-state index in [1.165, 1.54) is 0 Å². The number of nitrogens with one attached hydrogen (secondary N) is 1. The van der Waals surface area contributed by atoms with Gasteiger partial charge in [-0.2, -0.15) is 10.0 Å². The van der Waals surface area contributed by atoms with Gasteiger partial charge in [-0.1, -0.05) is 54.6 Å². The van der Waals surface area contributed by atoms with E-state index >= 15 is 0 Å². The Hall–Kier alpha value is -3.29. The first-order valence-electron chi connectivity index (χ1n) is 10.5. The predicted octanol–water partition coefficient (Wildman–Crippen LogP) is 3.90. The first kappa shape index (κ1) is 23.4. The van der Waals surface area contributed by atoms with Crippen LogP contribution in [0.4, 0.5) is 4.79 Å². The van der Waals surface area contributed by atoms with E-state index in [-0.39, 0.29) is 12.5 Å². The van der Waals surface area contributed by atoms with Crippen molar-refractivity contribution in [3.63, 3.8) is 0 Å². The zero-order valence-corrected chi connectivity index (χ0v) is 18.7. The van der Waals surface area contributed by atoms with Crippen molar-refractivity contribution in [2.75, 3.05) is 18.9 Å². The van der Waals surface area contributed by atoms with Crippen LogP contribution in [0.5, 0.6) is 0 Å². The van der Waals surface area contributed by atoms with Crippen LogP contribution in [0.15, 0.2) is 106 Å². The highest BCUT2D eigenvalue weighted by molar-refractivity contribution is 8.33. The summed E-state index contributed by atoms with van der Waals surface area (Å²) in [4.78, 5) is 27.0. The van der Waals surface area contributed by atoms with E-state index in [0.29, 0.717) is 18.7 Å². The molecule has 3 rings (SSSR count). The van der Waals surface area contributed by atoms with Crippen LogP contribution in [0, 0.1) is 0 Å². The highest BCUT2D eigenvalue weighted by atomic mass is 32.3. The smallest absolute Gasteiger partial charge is 0.404 e. The van der Waals surface area contributed by atoms with Gasteiger partial charge in [0, 0.05) is 12.3 Å². The molecule has 0 radical (unpaired) electrons. The highest BCUT2D eigenvalue weighted by Crippen LogP contribution is 2.68. The fourth-order valence-corrected chi connectivity index (χ4v) is 7.54. The number of nitrogens with two attached hydrogens (primary N) is 2. The topological polar surface area (TPSA) is 107 Å². The quantitative estimate of drug-likeness (QED) is 0.406. The fraction of sp³-hybridized carbons (Fsp3) is 0.200. The average molecular weight is 452 g/mol. The van der Waals surface area contributed by atoms with Gasteiger partial charge < -0.3 is 21.5 Å². The second-order valence-corrected chi connectivity index (χ2v) is 10.5. The molecule has 0 aliphatic carbocycles. The van der Waals surface area contributed by atoms with Crippen LogP contribution in [-0.2, 0) is 9.53 Å². The molecule has 0 unspecified atom stereocenters. The van der Waals surface area contributed by atoms with Gasteiger partial charge in [-0.3, -0.25) is 4.79 Å². The third kappa shape index (κ3) is 5.69. The van der Waals surface area contributed by atoms with Gasteiger partial charge in [0.25, 0.3) is 0 Å². The van der Waals surface area contributed by atoms with E-state index in [4.69, 9.17) is 16.2 Å². The summed E-state index contributed by atoms with van der Waals surface area (Å²) < 4.78 is 4.70. The lowest BCUT2D eigenvalue weighted by molar-refractivity contribution is -0.121. The summed E-state index contributed by atoms with van der Waals surface area (Å²) in [5, 5.41) is 2.85. The third-order valence-electron chi connectivity index (χ3n) is 5.07. The van der Waals surface area contributed by atoms with Crippen LogP contribution < -0.4 is 16.8 Å². The number of amides is 2. The van der Waals surface area contributed by atoms with Gasteiger partial charge in [-0.25, -0.2) is 4.79 Å². The Morgan fingerprint density at radius 2 is 1.25 bits per heavy atom. The summed E-state index contributed by atoms with van der Waals surface area (Å²) in [5.74, 6) is 0.234. The standard InChI is InChI=1S/C25H29N3O3S/c26-23(24(29)28-17-10-18-31-25(27)30)19-32(20-11-4-1-5-12-20,21-13-6-2-7-14-21)22-15-8-3-9-16-22/h1-9,11-16,23H,10,17-19,26H2,(H2,27,30)(H,28,29)/t23-/m0/s1. The molecule has 0 aliphatic heterocycles. The molecule has 0 spiro atoms. The van der Waals surface area contributed by atoms with E-state index < -0.39 is 22.2 Å². The minimum absolute atomic E-state index is 0.151. The molecule has 3 aromatic carbocycles. The molecule has 0 fully saturated rings. The lowest BCUT2D eigenvalue weighted by Crippen LogP contribution is -2.44. The van der Waals surface area contributed by atoms with E-state index in [0.717, 1.165) is 14.7 Å². The van der Waals surface area contributed by atoms with E-state index in [1.54, 1.807) is 0 Å². The van der Waals surface area contributed by atoms with Crippen molar-refractivity contribution in [1.29, 1.82) is 0 Å². The van der Waals surface area contributed by atoms with Crippen molar-refractivity contribution in [3.8, 4) is 0 Å². The molecule has 7 heteroatoms. The molecule has 2 amide bonds. The molecule has 3 aromatic rings. The van der Waals surface area contributed by atoms with Crippen LogP contribution in [0.2, 0.25) is 0 Å². The van der Waals surface area contributed by atoms with Crippen LogP contribution in [-0.4, -0.2) is 36.9 Å². The van der Waals surface area contributed by atoms with Gasteiger partial charge >= 0.3 is 6.09 Å². The number of primary amides is 1. The Balaban J connectivity index is 1.91. The Morgan fingerprint density at radius 1 is 0.812 bits per heavy atom. The lowest BCUT2D eigenvalue weighted by atomic mass is 10.3. The number of carbonyl (C=O) groups is 2. The number of ether oxygens (including phenoxy) is 1. The molecule has 6 nitrogen and oxygen atoms in total. The molecule has 0 saturated carbocycles. The fourth-order valence-electron chi connectivity index (χ4n) is 3.59. The van der Waals surface area contributed by atoms with Crippen molar-refractivity contribution in [1.82, 2.24) is 5.32 Å². The Bertz CT molecular complexity index is 904. The number of hydrogen-bond donors (Lipinski definition) is 3. The van der Waals surface area contributed by atoms with Crippen LogP contribution >= 0.6 is 10.0 Å². The SMILES string of the molecule is NC(=O)OCCCNC(=O)[C@@H](N)CS(c1ccccc1)(c1ccccc1)c1ccccc1. The minimum Gasteiger partial charge on any atom is -0.450 e. The number of rotatable bonds is 10. The van der Waals surface area contributed by atoms with Crippen LogP contribution in [0.25, 0.3) is 0 Å². The number of carbonyl (C=O) groups excluding carboxylic acids is 2. The zero-order valence-electron chi connectivity index (χ0n) is 17.9. The van der Waals surface area contributed by atoms with Crippen molar-refractivity contribution in [2.24, 2.45) is 11.5 Å². The van der Waals surface area contributed by atoms with Gasteiger partial charge in [0.2, 0.25) is 5.91 Å². The second kappa shape index (κ2) is 11.4. The summed E-state index contributed by atoms with van der Waals surface area (Å²) in [7, 11) is -1.80. The molecule has 0 heterocycles. The Morgan fingerprint density at radius 3 is 1.66 bits per heavy atom. The largest absolute Gasteiger partial charge is 0.450 e. The Labute approximate surface area is 190 Å². The van der Waals surface area contributed by atoms with Gasteiger partial charge in [0.15, 0.2) is 0 Å². The third-order valence-corrected chi connectivity index (χ3v) is 9.16. The molecule has 0 bridgehead atoms. The minimum atomic E-state index is -1.80. The van der Waals surface area contributed by atoms with Gasteiger partial charge in [0.1, 0.15) is 0 Å². The van der Waals surface area contributed by atoms with Crippen LogP contribution in [0.1, 0.15) is 6.42 Å². The normalized spacial score (nSPS) is 12.5. The lowest BCUT2D eigenvalue weighted by Gasteiger charge is -2.43. The summed E-state index contributed by atoms with van der Waals surface area (Å²) >= 11 is 0. The zero-order chi connectivity index (χ0) is 22.8. The van der Waals surface area contributed by atoms with Gasteiger partial charge in [-0.05, 0) is 57.5 Å². The summed E-state index contributed by atoms with van der Waals surface area (Å²) in [6.45, 7) is 0.502. The summed E-state index contributed by atoms with van der Waals surface area (Å²) in [6, 6.07) is 30.1. The predicted molar refractivity (Wildman–Crippen MR) is 128 cm³/mol. The number of benzene rings is 3. The summed E-state index contributed by atoms with van der Waals surface area (Å²) in [5.41, 5.74) is 11.4. The van der Waals surface area contributed by atoms with E-state index in [1.807, 2.05) is 54.6 Å². The molecule has 1 atom stereocenters. The monoisotopic (exact) mass is 451 g/mol. The first-order valence-corrected chi connectivity index (χ1v) is 12.3. The highest BCUT2D eigenvalue weighted by Gasteiger charge is 2.34. The van der Waals surface area contributed by atoms with Crippen molar-refractivity contribution >= 4 is 22.0 Å². The maximum absolute atomic E-state index is 12.9. The van der Waals surface area contributed by atoms with E-state index in [9.17, 15) is 9.59 Å². The molecular weight excluding hydrogens is 422 g/mol. The molecule has 5 N–H and O–H groups in total. The molecular formula is C25H29N3O3S. The van der Waals surface area contributed by atoms with Gasteiger partial charge in [0.05, 0.1) is 12.6 Å². The molecule has 0 saturated heterocycles. The van der Waals surface area contributed by atoms with Crippen LogP contribution in [0.3, 0.4) is 0 Å². The average Bonchev–Trinajstić information content (AvgIpc) is 2.83.